The number of nitrogens with one attached hydrogen (secondary N) is 1. The van der Waals surface area contributed by atoms with Gasteiger partial charge in [-0.3, -0.25) is 4.79 Å². The van der Waals surface area contributed by atoms with Crippen LogP contribution in [-0.2, 0) is 4.79 Å². The molecule has 98 valence electrons. The average Bonchev–Trinajstić information content (AvgIpc) is 2.41. The van der Waals surface area contributed by atoms with Crippen LogP contribution in [0, 0.1) is 5.92 Å². The van der Waals surface area contributed by atoms with Crippen LogP contribution in [0.4, 0.5) is 11.4 Å². The predicted molar refractivity (Wildman–Crippen MR) is 74.9 cm³/mol. The maximum Gasteiger partial charge on any atom is 0.229 e. The number of carbonyl (C=O) groups excluding carboxylic acids is 1. The third kappa shape index (κ3) is 2.76. The lowest BCUT2D eigenvalue weighted by molar-refractivity contribution is -0.122. The molecule has 0 aliphatic carbocycles. The van der Waals surface area contributed by atoms with E-state index in [-0.39, 0.29) is 11.8 Å². The standard InChI is InChI=1S/C13H18ClN3O/c1-17(12-8-10(15)2-3-11(12)14)13(18)9-4-6-16-7-5-9/h2-3,8-9,16H,4-7,15H2,1H3. The van der Waals surface area contributed by atoms with Gasteiger partial charge in [-0.05, 0) is 44.1 Å². The van der Waals surface area contributed by atoms with Gasteiger partial charge < -0.3 is 16.0 Å². The minimum absolute atomic E-state index is 0.0775. The van der Waals surface area contributed by atoms with Gasteiger partial charge in [-0.25, -0.2) is 0 Å². The summed E-state index contributed by atoms with van der Waals surface area (Å²) in [6.07, 6.45) is 1.76. The molecule has 0 radical (unpaired) electrons. The first kappa shape index (κ1) is 13.2. The van der Waals surface area contributed by atoms with Gasteiger partial charge in [-0.1, -0.05) is 11.6 Å². The van der Waals surface area contributed by atoms with Crippen molar-refractivity contribution in [1.82, 2.24) is 5.32 Å². The van der Waals surface area contributed by atoms with Crippen molar-refractivity contribution in [2.45, 2.75) is 12.8 Å². The molecule has 3 N–H and O–H groups in total. The molecular formula is C13H18ClN3O. The van der Waals surface area contributed by atoms with E-state index in [1.54, 1.807) is 30.1 Å². The molecule has 1 aliphatic rings. The Morgan fingerprint density at radius 2 is 2.11 bits per heavy atom. The Balaban J connectivity index is 2.16. The summed E-state index contributed by atoms with van der Waals surface area (Å²) in [5.74, 6) is 0.192. The van der Waals surface area contributed by atoms with Crippen molar-refractivity contribution in [2.24, 2.45) is 5.92 Å². The van der Waals surface area contributed by atoms with Gasteiger partial charge >= 0.3 is 0 Å². The van der Waals surface area contributed by atoms with Crippen LogP contribution < -0.4 is 16.0 Å². The summed E-state index contributed by atoms with van der Waals surface area (Å²) in [6.45, 7) is 1.80. The summed E-state index contributed by atoms with van der Waals surface area (Å²) in [5.41, 5.74) is 7.03. The molecule has 4 nitrogen and oxygen atoms in total. The zero-order valence-corrected chi connectivity index (χ0v) is 11.2. The SMILES string of the molecule is CN(C(=O)C1CCNCC1)c1cc(N)ccc1Cl. The van der Waals surface area contributed by atoms with E-state index in [0.717, 1.165) is 25.9 Å². The van der Waals surface area contributed by atoms with Gasteiger partial charge in [0.1, 0.15) is 0 Å². The van der Waals surface area contributed by atoms with Gasteiger partial charge in [-0.15, -0.1) is 0 Å². The van der Waals surface area contributed by atoms with Crippen molar-refractivity contribution in [2.75, 3.05) is 30.8 Å². The molecule has 0 atom stereocenters. The number of amides is 1. The molecule has 1 fully saturated rings. The predicted octanol–water partition coefficient (Wildman–Crippen LogP) is 1.88. The molecule has 5 heteroatoms. The van der Waals surface area contributed by atoms with E-state index in [1.807, 2.05) is 0 Å². The first-order valence-corrected chi connectivity index (χ1v) is 6.50. The molecule has 2 rings (SSSR count). The van der Waals surface area contributed by atoms with E-state index in [2.05, 4.69) is 5.32 Å². The van der Waals surface area contributed by atoms with Crippen molar-refractivity contribution < 1.29 is 4.79 Å². The highest BCUT2D eigenvalue weighted by Crippen LogP contribution is 2.29. The number of nitrogens with zero attached hydrogens (tertiary/aromatic N) is 1. The summed E-state index contributed by atoms with van der Waals surface area (Å²) in [7, 11) is 1.75. The van der Waals surface area contributed by atoms with E-state index in [4.69, 9.17) is 17.3 Å². The first-order chi connectivity index (χ1) is 8.59. The van der Waals surface area contributed by atoms with Gasteiger partial charge in [0.15, 0.2) is 0 Å². The molecule has 0 bridgehead atoms. The second-order valence-electron chi connectivity index (χ2n) is 4.63. The highest BCUT2D eigenvalue weighted by Gasteiger charge is 2.25. The summed E-state index contributed by atoms with van der Waals surface area (Å²) in [5, 5.41) is 3.80. The van der Waals surface area contributed by atoms with Gasteiger partial charge in [0.2, 0.25) is 5.91 Å². The van der Waals surface area contributed by atoms with Crippen molar-refractivity contribution >= 4 is 28.9 Å². The van der Waals surface area contributed by atoms with Crippen LogP contribution in [0.5, 0.6) is 0 Å². The van der Waals surface area contributed by atoms with Crippen molar-refractivity contribution in [3.63, 3.8) is 0 Å². The number of piperidine rings is 1. The highest BCUT2D eigenvalue weighted by atomic mass is 35.5. The Morgan fingerprint density at radius 3 is 2.78 bits per heavy atom. The fourth-order valence-corrected chi connectivity index (χ4v) is 2.49. The Morgan fingerprint density at radius 1 is 1.44 bits per heavy atom. The molecule has 0 unspecified atom stereocenters. The second-order valence-corrected chi connectivity index (χ2v) is 5.04. The smallest absolute Gasteiger partial charge is 0.229 e. The van der Waals surface area contributed by atoms with Gasteiger partial charge in [0, 0.05) is 18.7 Å². The topological polar surface area (TPSA) is 58.4 Å². The van der Waals surface area contributed by atoms with Crippen molar-refractivity contribution in [3.8, 4) is 0 Å². The van der Waals surface area contributed by atoms with Crippen LogP contribution in [-0.4, -0.2) is 26.0 Å². The number of rotatable bonds is 2. The molecular weight excluding hydrogens is 250 g/mol. The van der Waals surface area contributed by atoms with Crippen LogP contribution in [0.1, 0.15) is 12.8 Å². The number of carbonyl (C=O) groups is 1. The van der Waals surface area contributed by atoms with E-state index in [9.17, 15) is 4.79 Å². The molecule has 1 aliphatic heterocycles. The van der Waals surface area contributed by atoms with Crippen LogP contribution >= 0.6 is 11.6 Å². The normalized spacial score (nSPS) is 16.6. The fraction of sp³-hybridized carbons (Fsp3) is 0.462. The van der Waals surface area contributed by atoms with Crippen LogP contribution in [0.25, 0.3) is 0 Å². The van der Waals surface area contributed by atoms with Gasteiger partial charge in [0.25, 0.3) is 0 Å². The second kappa shape index (κ2) is 5.59. The maximum absolute atomic E-state index is 12.4. The van der Waals surface area contributed by atoms with Crippen molar-refractivity contribution in [3.05, 3.63) is 23.2 Å². The minimum Gasteiger partial charge on any atom is -0.399 e. The third-order valence-corrected chi connectivity index (χ3v) is 3.67. The molecule has 1 saturated heterocycles. The first-order valence-electron chi connectivity index (χ1n) is 6.13. The Hall–Kier alpha value is -1.26. The number of nitrogen functional groups attached to an aromatic ring is 1. The quantitative estimate of drug-likeness (QED) is 0.805. The number of anilines is 2. The lowest BCUT2D eigenvalue weighted by atomic mass is 9.96. The highest BCUT2D eigenvalue weighted by molar-refractivity contribution is 6.34. The molecule has 0 saturated carbocycles. The Labute approximate surface area is 112 Å². The monoisotopic (exact) mass is 267 g/mol. The molecule has 0 spiro atoms. The van der Waals surface area contributed by atoms with E-state index in [0.29, 0.717) is 16.4 Å². The lowest BCUT2D eigenvalue weighted by Gasteiger charge is -2.27. The van der Waals surface area contributed by atoms with E-state index >= 15 is 0 Å². The molecule has 18 heavy (non-hydrogen) atoms. The van der Waals surface area contributed by atoms with Crippen molar-refractivity contribution in [1.29, 1.82) is 0 Å². The average molecular weight is 268 g/mol. The van der Waals surface area contributed by atoms with Gasteiger partial charge in [-0.2, -0.15) is 0 Å². The van der Waals surface area contributed by atoms with Crippen LogP contribution in [0.2, 0.25) is 5.02 Å². The fourth-order valence-electron chi connectivity index (χ4n) is 2.25. The zero-order chi connectivity index (χ0) is 13.1. The van der Waals surface area contributed by atoms with Gasteiger partial charge in [0.05, 0.1) is 10.7 Å². The number of hydrogen-bond acceptors (Lipinski definition) is 3. The number of halogens is 1. The summed E-state index contributed by atoms with van der Waals surface area (Å²) in [4.78, 5) is 14.0. The molecule has 1 aromatic carbocycles. The summed E-state index contributed by atoms with van der Waals surface area (Å²) < 4.78 is 0. The Kier molecular flexibility index (Phi) is 4.09. The molecule has 0 aromatic heterocycles. The zero-order valence-electron chi connectivity index (χ0n) is 10.4. The third-order valence-electron chi connectivity index (χ3n) is 3.35. The number of benzene rings is 1. The van der Waals surface area contributed by atoms with Crippen LogP contribution in [0.3, 0.4) is 0 Å². The molecule has 1 heterocycles. The molecule has 1 amide bonds. The number of nitrogens with two attached hydrogens (primary N) is 1. The number of hydrogen-bond donors (Lipinski definition) is 2. The summed E-state index contributed by atoms with van der Waals surface area (Å²) >= 11 is 6.11. The van der Waals surface area contributed by atoms with E-state index in [1.165, 1.54) is 0 Å². The minimum atomic E-state index is 0.0775. The maximum atomic E-state index is 12.4. The lowest BCUT2D eigenvalue weighted by Crippen LogP contribution is -2.39. The van der Waals surface area contributed by atoms with E-state index < -0.39 is 0 Å². The summed E-state index contributed by atoms with van der Waals surface area (Å²) in [6, 6.07) is 5.19. The Bertz CT molecular complexity index is 444. The molecule has 1 aromatic rings. The van der Waals surface area contributed by atoms with Crippen LogP contribution in [0.15, 0.2) is 18.2 Å². The largest absolute Gasteiger partial charge is 0.399 e.